The standard InChI is InChI=1S/C13H20/c1-5-7-13-10(3)8-9-12(6-2)11(13)4/h8-9H,5-7H2,1-4H3. The second-order valence-electron chi connectivity index (χ2n) is 3.75. The summed E-state index contributed by atoms with van der Waals surface area (Å²) in [5.74, 6) is 0. The number of aryl methyl sites for hydroxylation is 2. The van der Waals surface area contributed by atoms with Crippen molar-refractivity contribution >= 4 is 0 Å². The van der Waals surface area contributed by atoms with Crippen LogP contribution in [0.4, 0.5) is 0 Å². The van der Waals surface area contributed by atoms with Crippen LogP contribution in [0.25, 0.3) is 0 Å². The van der Waals surface area contributed by atoms with Crippen molar-refractivity contribution in [3.63, 3.8) is 0 Å². The molecule has 0 N–H and O–H groups in total. The third-order valence-corrected chi connectivity index (χ3v) is 2.83. The molecule has 0 fully saturated rings. The highest BCUT2D eigenvalue weighted by Gasteiger charge is 2.04. The van der Waals surface area contributed by atoms with Gasteiger partial charge in [0.1, 0.15) is 0 Å². The molecule has 0 spiro atoms. The van der Waals surface area contributed by atoms with E-state index in [1.54, 1.807) is 5.56 Å². The highest BCUT2D eigenvalue weighted by atomic mass is 14.1. The average molecular weight is 176 g/mol. The van der Waals surface area contributed by atoms with Crippen LogP contribution in [-0.2, 0) is 12.8 Å². The number of benzene rings is 1. The molecule has 0 radical (unpaired) electrons. The second kappa shape index (κ2) is 4.45. The molecule has 0 saturated heterocycles. The molecule has 1 aromatic rings. The summed E-state index contributed by atoms with van der Waals surface area (Å²) in [6, 6.07) is 4.53. The van der Waals surface area contributed by atoms with Gasteiger partial charge < -0.3 is 0 Å². The van der Waals surface area contributed by atoms with Crippen molar-refractivity contribution in [2.24, 2.45) is 0 Å². The van der Waals surface area contributed by atoms with Gasteiger partial charge in [-0.15, -0.1) is 0 Å². The van der Waals surface area contributed by atoms with Gasteiger partial charge >= 0.3 is 0 Å². The molecule has 0 heterocycles. The van der Waals surface area contributed by atoms with Crippen LogP contribution >= 0.6 is 0 Å². The molecule has 0 aliphatic heterocycles. The fraction of sp³-hybridized carbons (Fsp3) is 0.538. The van der Waals surface area contributed by atoms with E-state index in [9.17, 15) is 0 Å². The SMILES string of the molecule is CCCc1c(C)ccc(CC)c1C. The van der Waals surface area contributed by atoms with E-state index in [4.69, 9.17) is 0 Å². The van der Waals surface area contributed by atoms with E-state index in [1.807, 2.05) is 0 Å². The summed E-state index contributed by atoms with van der Waals surface area (Å²) >= 11 is 0. The van der Waals surface area contributed by atoms with Gasteiger partial charge in [0.15, 0.2) is 0 Å². The summed E-state index contributed by atoms with van der Waals surface area (Å²) in [6.45, 7) is 8.96. The Kier molecular flexibility index (Phi) is 3.53. The molecule has 72 valence electrons. The van der Waals surface area contributed by atoms with Gasteiger partial charge in [0, 0.05) is 0 Å². The predicted octanol–water partition coefficient (Wildman–Crippen LogP) is 3.82. The second-order valence-corrected chi connectivity index (χ2v) is 3.75. The van der Waals surface area contributed by atoms with Gasteiger partial charge in [0.05, 0.1) is 0 Å². The largest absolute Gasteiger partial charge is 0.0651 e. The monoisotopic (exact) mass is 176 g/mol. The maximum atomic E-state index is 2.27. The first-order chi connectivity index (χ1) is 6.20. The average Bonchev–Trinajstić information content (AvgIpc) is 2.12. The minimum absolute atomic E-state index is 1.16. The minimum Gasteiger partial charge on any atom is -0.0651 e. The van der Waals surface area contributed by atoms with E-state index in [0.717, 1.165) is 6.42 Å². The van der Waals surface area contributed by atoms with E-state index in [2.05, 4.69) is 39.8 Å². The van der Waals surface area contributed by atoms with Gasteiger partial charge in [-0.3, -0.25) is 0 Å². The van der Waals surface area contributed by atoms with Crippen molar-refractivity contribution in [1.82, 2.24) is 0 Å². The predicted molar refractivity (Wildman–Crippen MR) is 59.3 cm³/mol. The van der Waals surface area contributed by atoms with Crippen LogP contribution < -0.4 is 0 Å². The molecule has 0 bridgehead atoms. The quantitative estimate of drug-likeness (QED) is 0.657. The zero-order chi connectivity index (χ0) is 9.84. The van der Waals surface area contributed by atoms with Crippen LogP contribution in [0.2, 0.25) is 0 Å². The zero-order valence-corrected chi connectivity index (χ0v) is 9.28. The Morgan fingerprint density at radius 2 is 1.77 bits per heavy atom. The third-order valence-electron chi connectivity index (χ3n) is 2.83. The lowest BCUT2D eigenvalue weighted by Gasteiger charge is -2.12. The van der Waals surface area contributed by atoms with Gasteiger partial charge in [-0.2, -0.15) is 0 Å². The van der Waals surface area contributed by atoms with Gasteiger partial charge in [0.2, 0.25) is 0 Å². The van der Waals surface area contributed by atoms with Crippen molar-refractivity contribution in [3.8, 4) is 0 Å². The van der Waals surface area contributed by atoms with Crippen LogP contribution in [0, 0.1) is 13.8 Å². The minimum atomic E-state index is 1.16. The Hall–Kier alpha value is -0.780. The van der Waals surface area contributed by atoms with Crippen molar-refractivity contribution in [3.05, 3.63) is 34.4 Å². The molecule has 0 heteroatoms. The molecule has 0 amide bonds. The smallest absolute Gasteiger partial charge is 0.0276 e. The van der Waals surface area contributed by atoms with E-state index in [0.29, 0.717) is 0 Å². The molecule has 0 aliphatic carbocycles. The molecule has 0 saturated carbocycles. The molecular formula is C13H20. The first kappa shape index (κ1) is 10.3. The third kappa shape index (κ3) is 2.12. The van der Waals surface area contributed by atoms with Crippen molar-refractivity contribution in [2.75, 3.05) is 0 Å². The van der Waals surface area contributed by atoms with E-state index in [1.165, 1.54) is 29.5 Å². The van der Waals surface area contributed by atoms with Crippen LogP contribution in [0.5, 0.6) is 0 Å². The summed E-state index contributed by atoms with van der Waals surface area (Å²) in [7, 11) is 0. The zero-order valence-electron chi connectivity index (χ0n) is 9.28. The first-order valence-electron chi connectivity index (χ1n) is 5.28. The van der Waals surface area contributed by atoms with Gasteiger partial charge in [-0.25, -0.2) is 0 Å². The molecular weight excluding hydrogens is 156 g/mol. The van der Waals surface area contributed by atoms with Gasteiger partial charge in [-0.1, -0.05) is 32.4 Å². The van der Waals surface area contributed by atoms with E-state index >= 15 is 0 Å². The van der Waals surface area contributed by atoms with Crippen molar-refractivity contribution in [1.29, 1.82) is 0 Å². The van der Waals surface area contributed by atoms with Crippen LogP contribution in [0.15, 0.2) is 12.1 Å². The molecule has 13 heavy (non-hydrogen) atoms. The molecule has 0 unspecified atom stereocenters. The highest BCUT2D eigenvalue weighted by Crippen LogP contribution is 2.20. The molecule has 0 atom stereocenters. The Balaban J connectivity index is 3.13. The molecule has 1 aromatic carbocycles. The molecule has 1 rings (SSSR count). The normalized spacial score (nSPS) is 10.5. The Morgan fingerprint density at radius 1 is 1.08 bits per heavy atom. The number of hydrogen-bond acceptors (Lipinski definition) is 0. The fourth-order valence-electron chi connectivity index (χ4n) is 1.96. The molecule has 0 aliphatic rings. The lowest BCUT2D eigenvalue weighted by molar-refractivity contribution is 0.895. The summed E-state index contributed by atoms with van der Waals surface area (Å²) in [5, 5.41) is 0. The lowest BCUT2D eigenvalue weighted by Crippen LogP contribution is -1.97. The van der Waals surface area contributed by atoms with Gasteiger partial charge in [0.25, 0.3) is 0 Å². The number of rotatable bonds is 3. The van der Waals surface area contributed by atoms with Crippen molar-refractivity contribution < 1.29 is 0 Å². The Morgan fingerprint density at radius 3 is 2.31 bits per heavy atom. The summed E-state index contributed by atoms with van der Waals surface area (Å²) < 4.78 is 0. The fourth-order valence-corrected chi connectivity index (χ4v) is 1.96. The van der Waals surface area contributed by atoms with E-state index in [-0.39, 0.29) is 0 Å². The summed E-state index contributed by atoms with van der Waals surface area (Å²) in [6.07, 6.45) is 3.63. The van der Waals surface area contributed by atoms with Gasteiger partial charge in [-0.05, 0) is 48.9 Å². The first-order valence-corrected chi connectivity index (χ1v) is 5.28. The summed E-state index contributed by atoms with van der Waals surface area (Å²) in [4.78, 5) is 0. The number of hydrogen-bond donors (Lipinski definition) is 0. The van der Waals surface area contributed by atoms with Crippen molar-refractivity contribution in [2.45, 2.75) is 47.0 Å². The maximum Gasteiger partial charge on any atom is -0.0276 e. The Bertz CT molecular complexity index is 284. The molecule has 0 nitrogen and oxygen atoms in total. The Labute approximate surface area is 82.0 Å². The summed E-state index contributed by atoms with van der Waals surface area (Å²) in [5.41, 5.74) is 6.05. The maximum absolute atomic E-state index is 2.27. The van der Waals surface area contributed by atoms with E-state index < -0.39 is 0 Å². The van der Waals surface area contributed by atoms with Crippen LogP contribution in [-0.4, -0.2) is 0 Å². The molecule has 0 aromatic heterocycles. The van der Waals surface area contributed by atoms with Crippen LogP contribution in [0.1, 0.15) is 42.5 Å². The topological polar surface area (TPSA) is 0 Å². The highest BCUT2D eigenvalue weighted by molar-refractivity contribution is 5.39. The van der Waals surface area contributed by atoms with Crippen LogP contribution in [0.3, 0.4) is 0 Å². The lowest BCUT2D eigenvalue weighted by atomic mass is 9.94.